The van der Waals surface area contributed by atoms with Crippen LogP contribution in [0.25, 0.3) is 0 Å². The summed E-state index contributed by atoms with van der Waals surface area (Å²) >= 11 is 0. The molecule has 0 amide bonds. The first-order chi connectivity index (χ1) is 7.70. The van der Waals surface area contributed by atoms with Crippen molar-refractivity contribution in [3.63, 3.8) is 0 Å². The Morgan fingerprint density at radius 1 is 1.19 bits per heavy atom. The van der Waals surface area contributed by atoms with Crippen molar-refractivity contribution in [3.05, 3.63) is 30.1 Å². The predicted molar refractivity (Wildman–Crippen MR) is 70.5 cm³/mol. The van der Waals surface area contributed by atoms with E-state index in [2.05, 4.69) is 4.98 Å². The summed E-state index contributed by atoms with van der Waals surface area (Å²) in [6, 6.07) is 3.89. The fourth-order valence-electron chi connectivity index (χ4n) is 1.02. The lowest BCUT2D eigenvalue weighted by Crippen LogP contribution is -2.09. The Bertz CT molecular complexity index is 257. The van der Waals surface area contributed by atoms with Crippen LogP contribution in [0.15, 0.2) is 24.5 Å². The summed E-state index contributed by atoms with van der Waals surface area (Å²) in [5.74, 6) is 0.360. The molecule has 0 radical (unpaired) electrons. The molecule has 0 spiro atoms. The molecule has 0 aliphatic rings. The number of rotatable bonds is 3. The van der Waals surface area contributed by atoms with Crippen LogP contribution in [0.4, 0.5) is 0 Å². The van der Waals surface area contributed by atoms with Crippen molar-refractivity contribution in [2.24, 2.45) is 5.92 Å². The normalized spacial score (nSPS) is 10.1. The maximum Gasteiger partial charge on any atom is 0.132 e. The third-order valence-corrected chi connectivity index (χ3v) is 1.99. The Hall–Kier alpha value is -1.18. The molecule has 1 aromatic rings. The van der Waals surface area contributed by atoms with Crippen LogP contribution in [0.1, 0.15) is 47.1 Å². The molecular weight excluding hydrogens is 198 g/mol. The summed E-state index contributed by atoms with van der Waals surface area (Å²) in [5, 5.41) is 0. The van der Waals surface area contributed by atoms with Gasteiger partial charge in [-0.05, 0) is 31.0 Å². The minimum atomic E-state index is 0.118. The summed E-state index contributed by atoms with van der Waals surface area (Å²) in [5.41, 5.74) is 1.17. The van der Waals surface area contributed by atoms with Gasteiger partial charge in [0, 0.05) is 18.3 Å². The molecule has 92 valence electrons. The third-order valence-electron chi connectivity index (χ3n) is 1.99. The largest absolute Gasteiger partial charge is 0.300 e. The van der Waals surface area contributed by atoms with Crippen molar-refractivity contribution in [1.29, 1.82) is 0 Å². The zero-order valence-corrected chi connectivity index (χ0v) is 11.4. The van der Waals surface area contributed by atoms with E-state index in [-0.39, 0.29) is 11.7 Å². The van der Waals surface area contributed by atoms with Crippen LogP contribution in [-0.2, 0) is 11.2 Å². The highest BCUT2D eigenvalue weighted by Crippen LogP contribution is 2.07. The molecule has 16 heavy (non-hydrogen) atoms. The van der Waals surface area contributed by atoms with Crippen LogP contribution in [-0.4, -0.2) is 10.8 Å². The van der Waals surface area contributed by atoms with E-state index in [9.17, 15) is 4.79 Å². The van der Waals surface area contributed by atoms with E-state index in [0.717, 1.165) is 6.42 Å². The number of aromatic nitrogens is 1. The minimum absolute atomic E-state index is 0.118. The van der Waals surface area contributed by atoms with Gasteiger partial charge in [0.05, 0.1) is 0 Å². The number of hydrogen-bond acceptors (Lipinski definition) is 2. The summed E-state index contributed by atoms with van der Waals surface area (Å²) < 4.78 is 0. The summed E-state index contributed by atoms with van der Waals surface area (Å²) in [6.45, 7) is 11.6. The van der Waals surface area contributed by atoms with E-state index in [0.29, 0.717) is 0 Å². The van der Waals surface area contributed by atoms with Gasteiger partial charge in [-0.1, -0.05) is 34.6 Å². The van der Waals surface area contributed by atoms with Crippen molar-refractivity contribution < 1.29 is 4.79 Å². The number of ketones is 1. The fourth-order valence-corrected chi connectivity index (χ4v) is 1.02. The molecule has 1 rings (SSSR count). The molecule has 1 aromatic heterocycles. The van der Waals surface area contributed by atoms with Crippen molar-refractivity contribution in [2.75, 3.05) is 0 Å². The number of pyridine rings is 1. The second kappa shape index (κ2) is 11.9. The van der Waals surface area contributed by atoms with E-state index in [1.807, 2.05) is 46.8 Å². The Morgan fingerprint density at radius 3 is 2.00 bits per heavy atom. The van der Waals surface area contributed by atoms with Gasteiger partial charge < -0.3 is 0 Å². The molecule has 2 nitrogen and oxygen atoms in total. The first-order valence-electron chi connectivity index (χ1n) is 6.09. The van der Waals surface area contributed by atoms with E-state index < -0.39 is 0 Å². The highest BCUT2D eigenvalue weighted by molar-refractivity contribution is 5.78. The lowest BCUT2D eigenvalue weighted by atomic mass is 9.99. The monoisotopic (exact) mass is 223 g/mol. The SMILES string of the molecule is CC.CC.CC(=O)C(C)Cc1ccncc1. The lowest BCUT2D eigenvalue weighted by molar-refractivity contribution is -0.120. The molecule has 0 saturated heterocycles. The average Bonchev–Trinajstić information content (AvgIpc) is 2.35. The molecule has 1 heterocycles. The van der Waals surface area contributed by atoms with Crippen LogP contribution < -0.4 is 0 Å². The van der Waals surface area contributed by atoms with Gasteiger partial charge in [0.2, 0.25) is 0 Å². The Balaban J connectivity index is 0. The lowest BCUT2D eigenvalue weighted by Gasteiger charge is -2.05. The van der Waals surface area contributed by atoms with E-state index in [4.69, 9.17) is 0 Å². The molecular formula is C14H25NO. The fraction of sp³-hybridized carbons (Fsp3) is 0.571. The zero-order valence-electron chi connectivity index (χ0n) is 11.4. The average molecular weight is 223 g/mol. The van der Waals surface area contributed by atoms with E-state index in [1.54, 1.807) is 19.3 Å². The van der Waals surface area contributed by atoms with Gasteiger partial charge in [-0.15, -0.1) is 0 Å². The van der Waals surface area contributed by atoms with Crippen molar-refractivity contribution >= 4 is 5.78 Å². The quantitative estimate of drug-likeness (QED) is 0.778. The number of nitrogens with zero attached hydrogens (tertiary/aromatic N) is 1. The molecule has 0 saturated carbocycles. The molecule has 1 atom stereocenters. The van der Waals surface area contributed by atoms with Crippen molar-refractivity contribution in [1.82, 2.24) is 4.98 Å². The van der Waals surface area contributed by atoms with Gasteiger partial charge in [0.25, 0.3) is 0 Å². The van der Waals surface area contributed by atoms with E-state index in [1.165, 1.54) is 5.56 Å². The Morgan fingerprint density at radius 2 is 1.62 bits per heavy atom. The molecule has 0 N–H and O–H groups in total. The zero-order chi connectivity index (χ0) is 13.0. The highest BCUT2D eigenvalue weighted by Gasteiger charge is 2.07. The van der Waals surface area contributed by atoms with Crippen molar-refractivity contribution in [2.45, 2.75) is 48.0 Å². The molecule has 0 fully saturated rings. The number of carbonyl (C=O) groups is 1. The van der Waals surface area contributed by atoms with Gasteiger partial charge in [0.15, 0.2) is 0 Å². The van der Waals surface area contributed by atoms with Gasteiger partial charge >= 0.3 is 0 Å². The molecule has 0 aromatic carbocycles. The molecule has 0 bridgehead atoms. The number of hydrogen-bond donors (Lipinski definition) is 0. The van der Waals surface area contributed by atoms with Gasteiger partial charge in [-0.3, -0.25) is 9.78 Å². The van der Waals surface area contributed by atoms with Crippen molar-refractivity contribution in [3.8, 4) is 0 Å². The maximum absolute atomic E-state index is 10.9. The van der Waals surface area contributed by atoms with E-state index >= 15 is 0 Å². The van der Waals surface area contributed by atoms with Gasteiger partial charge in [-0.2, -0.15) is 0 Å². The third kappa shape index (κ3) is 8.16. The molecule has 2 heteroatoms. The maximum atomic E-state index is 10.9. The highest BCUT2D eigenvalue weighted by atomic mass is 16.1. The van der Waals surface area contributed by atoms with Crippen LogP contribution in [0, 0.1) is 5.92 Å². The number of carbonyl (C=O) groups excluding carboxylic acids is 1. The van der Waals surface area contributed by atoms with Crippen LogP contribution in [0.2, 0.25) is 0 Å². The molecule has 0 aliphatic carbocycles. The van der Waals surface area contributed by atoms with Gasteiger partial charge in [-0.25, -0.2) is 0 Å². The standard InChI is InChI=1S/C10H13NO.2C2H6/c1-8(9(2)12)7-10-3-5-11-6-4-10;2*1-2/h3-6,8H,7H2,1-2H3;2*1-2H3. The second-order valence-corrected chi connectivity index (χ2v) is 3.07. The van der Waals surface area contributed by atoms with Crippen LogP contribution in [0.5, 0.6) is 0 Å². The summed E-state index contributed by atoms with van der Waals surface area (Å²) in [7, 11) is 0. The predicted octanol–water partition coefficient (Wildman–Crippen LogP) is 3.90. The van der Waals surface area contributed by atoms with Gasteiger partial charge in [0.1, 0.15) is 5.78 Å². The minimum Gasteiger partial charge on any atom is -0.300 e. The first kappa shape index (κ1) is 17.2. The Labute approximate surface area is 100 Å². The second-order valence-electron chi connectivity index (χ2n) is 3.07. The Kier molecular flexibility index (Phi) is 12.8. The molecule has 0 aliphatic heterocycles. The topological polar surface area (TPSA) is 30.0 Å². The van der Waals surface area contributed by atoms with Crippen LogP contribution in [0.3, 0.4) is 0 Å². The summed E-state index contributed by atoms with van der Waals surface area (Å²) in [6.07, 6.45) is 4.32. The van der Waals surface area contributed by atoms with Crippen LogP contribution >= 0.6 is 0 Å². The first-order valence-corrected chi connectivity index (χ1v) is 6.09. The summed E-state index contributed by atoms with van der Waals surface area (Å²) in [4.78, 5) is 14.8. The number of Topliss-reactive ketones (excluding diaryl/α,β-unsaturated/α-hetero) is 1. The smallest absolute Gasteiger partial charge is 0.132 e. The molecule has 1 unspecified atom stereocenters.